The molecule has 1 amide bonds. The minimum absolute atomic E-state index is 0.271. The van der Waals surface area contributed by atoms with Gasteiger partial charge in [-0.2, -0.15) is 4.98 Å². The molecule has 5 heteroatoms. The molecule has 0 bridgehead atoms. The smallest absolute Gasteiger partial charge is 0.230 e. The first-order valence-electron chi connectivity index (χ1n) is 7.99. The van der Waals surface area contributed by atoms with Crippen LogP contribution in [0.4, 0.5) is 0 Å². The lowest BCUT2D eigenvalue weighted by molar-refractivity contribution is -0.133. The normalized spacial score (nSPS) is 19.4. The number of rotatable bonds is 3. The van der Waals surface area contributed by atoms with Gasteiger partial charge in [0.25, 0.3) is 0 Å². The zero-order valence-corrected chi connectivity index (χ0v) is 12.4. The standard InChI is InChI=1S/C17H19N3O2/c21-17(14-6-7-14)20-10-8-13(9-11-20)16-18-15(19-22-16)12-4-2-1-3-5-12/h1-5,13-14H,6-11H2. The van der Waals surface area contributed by atoms with Crippen molar-refractivity contribution >= 4 is 5.91 Å². The molecule has 1 saturated carbocycles. The third-order valence-electron chi connectivity index (χ3n) is 4.56. The first-order chi connectivity index (χ1) is 10.8. The number of piperidine rings is 1. The van der Waals surface area contributed by atoms with E-state index in [2.05, 4.69) is 10.1 Å². The summed E-state index contributed by atoms with van der Waals surface area (Å²) in [6.45, 7) is 1.62. The van der Waals surface area contributed by atoms with Crippen molar-refractivity contribution in [2.45, 2.75) is 31.6 Å². The van der Waals surface area contributed by atoms with Gasteiger partial charge >= 0.3 is 0 Å². The van der Waals surface area contributed by atoms with E-state index < -0.39 is 0 Å². The second-order valence-corrected chi connectivity index (χ2v) is 6.20. The molecule has 0 spiro atoms. The Morgan fingerprint density at radius 1 is 1.09 bits per heavy atom. The molecule has 22 heavy (non-hydrogen) atoms. The fourth-order valence-corrected chi connectivity index (χ4v) is 3.04. The number of hydrogen-bond acceptors (Lipinski definition) is 4. The zero-order valence-electron chi connectivity index (χ0n) is 12.4. The highest BCUT2D eigenvalue weighted by Gasteiger charge is 2.35. The highest BCUT2D eigenvalue weighted by Crippen LogP contribution is 2.34. The molecule has 0 radical (unpaired) electrons. The van der Waals surface area contributed by atoms with Crippen LogP contribution in [0.2, 0.25) is 0 Å². The summed E-state index contributed by atoms with van der Waals surface area (Å²) in [5.74, 6) is 2.27. The summed E-state index contributed by atoms with van der Waals surface area (Å²) in [5.41, 5.74) is 0.971. The maximum Gasteiger partial charge on any atom is 0.230 e. The van der Waals surface area contributed by atoms with Crippen LogP contribution in [-0.4, -0.2) is 34.0 Å². The van der Waals surface area contributed by atoms with Crippen molar-refractivity contribution in [3.8, 4) is 11.4 Å². The molecule has 1 aromatic carbocycles. The molecule has 4 rings (SSSR count). The molecule has 1 aromatic heterocycles. The topological polar surface area (TPSA) is 59.2 Å². The molecule has 2 fully saturated rings. The number of aromatic nitrogens is 2. The summed E-state index contributed by atoms with van der Waals surface area (Å²) in [4.78, 5) is 18.6. The van der Waals surface area contributed by atoms with Gasteiger partial charge in [0.1, 0.15) is 0 Å². The molecule has 2 heterocycles. The highest BCUT2D eigenvalue weighted by molar-refractivity contribution is 5.81. The summed E-state index contributed by atoms with van der Waals surface area (Å²) in [6.07, 6.45) is 3.97. The number of likely N-dealkylation sites (tertiary alicyclic amines) is 1. The number of benzene rings is 1. The van der Waals surface area contributed by atoms with Gasteiger partial charge in [0.15, 0.2) is 0 Å². The number of nitrogens with zero attached hydrogens (tertiary/aromatic N) is 3. The second kappa shape index (κ2) is 5.55. The average Bonchev–Trinajstić information content (AvgIpc) is 3.32. The summed E-state index contributed by atoms with van der Waals surface area (Å²) < 4.78 is 5.45. The Labute approximate surface area is 129 Å². The van der Waals surface area contributed by atoms with Crippen molar-refractivity contribution in [2.75, 3.05) is 13.1 Å². The van der Waals surface area contributed by atoms with E-state index >= 15 is 0 Å². The Balaban J connectivity index is 1.41. The van der Waals surface area contributed by atoms with Crippen LogP contribution in [0, 0.1) is 5.92 Å². The molecular formula is C17H19N3O2. The van der Waals surface area contributed by atoms with Crippen LogP contribution in [0.25, 0.3) is 11.4 Å². The summed E-state index contributed by atoms with van der Waals surface area (Å²) in [6, 6.07) is 9.86. The second-order valence-electron chi connectivity index (χ2n) is 6.20. The van der Waals surface area contributed by atoms with Gasteiger partial charge in [0, 0.05) is 30.5 Å². The monoisotopic (exact) mass is 297 g/mol. The Kier molecular flexibility index (Phi) is 3.41. The van der Waals surface area contributed by atoms with Gasteiger partial charge in [-0.15, -0.1) is 0 Å². The fraction of sp³-hybridized carbons (Fsp3) is 0.471. The van der Waals surface area contributed by atoms with Crippen LogP contribution in [0.5, 0.6) is 0 Å². The van der Waals surface area contributed by atoms with Gasteiger partial charge in [-0.1, -0.05) is 35.5 Å². The first kappa shape index (κ1) is 13.5. The Hall–Kier alpha value is -2.17. The quantitative estimate of drug-likeness (QED) is 0.874. The molecular weight excluding hydrogens is 278 g/mol. The third kappa shape index (κ3) is 2.63. The molecule has 2 aromatic rings. The molecule has 114 valence electrons. The molecule has 2 aliphatic rings. The van der Waals surface area contributed by atoms with E-state index in [1.807, 2.05) is 35.2 Å². The summed E-state index contributed by atoms with van der Waals surface area (Å²) in [7, 11) is 0. The van der Waals surface area contributed by atoms with Crippen molar-refractivity contribution in [1.82, 2.24) is 15.0 Å². The van der Waals surface area contributed by atoms with E-state index in [4.69, 9.17) is 4.52 Å². The molecule has 0 N–H and O–H groups in total. The third-order valence-corrected chi connectivity index (χ3v) is 4.56. The molecule has 1 saturated heterocycles. The predicted molar refractivity (Wildman–Crippen MR) is 81.0 cm³/mol. The largest absolute Gasteiger partial charge is 0.342 e. The molecule has 1 aliphatic carbocycles. The van der Waals surface area contributed by atoms with E-state index in [0.29, 0.717) is 23.5 Å². The van der Waals surface area contributed by atoms with Crippen molar-refractivity contribution in [3.05, 3.63) is 36.2 Å². The lowest BCUT2D eigenvalue weighted by atomic mass is 9.96. The van der Waals surface area contributed by atoms with Crippen LogP contribution < -0.4 is 0 Å². The Bertz CT molecular complexity index is 656. The minimum Gasteiger partial charge on any atom is -0.342 e. The fourth-order valence-electron chi connectivity index (χ4n) is 3.04. The van der Waals surface area contributed by atoms with Gasteiger partial charge in [-0.05, 0) is 25.7 Å². The molecule has 5 nitrogen and oxygen atoms in total. The van der Waals surface area contributed by atoms with Crippen LogP contribution in [0.3, 0.4) is 0 Å². The van der Waals surface area contributed by atoms with Crippen molar-refractivity contribution in [3.63, 3.8) is 0 Å². The van der Waals surface area contributed by atoms with Crippen molar-refractivity contribution in [1.29, 1.82) is 0 Å². The zero-order chi connectivity index (χ0) is 14.9. The number of carbonyl (C=O) groups is 1. The van der Waals surface area contributed by atoms with Gasteiger partial charge in [-0.25, -0.2) is 0 Å². The van der Waals surface area contributed by atoms with Gasteiger partial charge in [0.2, 0.25) is 17.6 Å². The predicted octanol–water partition coefficient (Wildman–Crippen LogP) is 2.85. The number of carbonyl (C=O) groups excluding carboxylic acids is 1. The SMILES string of the molecule is O=C(C1CC1)N1CCC(c2nc(-c3ccccc3)no2)CC1. The van der Waals surface area contributed by atoms with Crippen LogP contribution in [0.1, 0.15) is 37.5 Å². The van der Waals surface area contributed by atoms with Crippen LogP contribution in [-0.2, 0) is 4.79 Å². The Morgan fingerprint density at radius 3 is 2.50 bits per heavy atom. The maximum absolute atomic E-state index is 12.1. The van der Waals surface area contributed by atoms with E-state index in [1.165, 1.54) is 0 Å². The van der Waals surface area contributed by atoms with E-state index in [-0.39, 0.29) is 5.92 Å². The van der Waals surface area contributed by atoms with E-state index in [1.54, 1.807) is 0 Å². The van der Waals surface area contributed by atoms with Gasteiger partial charge < -0.3 is 9.42 Å². The Morgan fingerprint density at radius 2 is 1.82 bits per heavy atom. The van der Waals surface area contributed by atoms with Crippen molar-refractivity contribution < 1.29 is 9.32 Å². The lowest BCUT2D eigenvalue weighted by Gasteiger charge is -2.30. The summed E-state index contributed by atoms with van der Waals surface area (Å²) >= 11 is 0. The molecule has 0 atom stereocenters. The van der Waals surface area contributed by atoms with E-state index in [0.717, 1.165) is 44.3 Å². The van der Waals surface area contributed by atoms with Crippen LogP contribution >= 0.6 is 0 Å². The number of hydrogen-bond donors (Lipinski definition) is 0. The maximum atomic E-state index is 12.1. The number of amides is 1. The first-order valence-corrected chi connectivity index (χ1v) is 7.99. The molecule has 0 unspecified atom stereocenters. The van der Waals surface area contributed by atoms with Gasteiger partial charge in [-0.3, -0.25) is 4.79 Å². The average molecular weight is 297 g/mol. The van der Waals surface area contributed by atoms with Gasteiger partial charge in [0.05, 0.1) is 0 Å². The highest BCUT2D eigenvalue weighted by atomic mass is 16.5. The minimum atomic E-state index is 0.271. The summed E-state index contributed by atoms with van der Waals surface area (Å²) in [5, 5.41) is 4.09. The van der Waals surface area contributed by atoms with Crippen LogP contribution in [0.15, 0.2) is 34.9 Å². The molecule has 1 aliphatic heterocycles. The van der Waals surface area contributed by atoms with E-state index in [9.17, 15) is 4.79 Å². The van der Waals surface area contributed by atoms with Crippen molar-refractivity contribution in [2.24, 2.45) is 5.92 Å². The lowest BCUT2D eigenvalue weighted by Crippen LogP contribution is -2.38.